The number of fused-ring (bicyclic) bond motifs is 4. The summed E-state index contributed by atoms with van der Waals surface area (Å²) in [6.45, 7) is 5.11. The molecule has 0 aromatic carbocycles. The summed E-state index contributed by atoms with van der Waals surface area (Å²) < 4.78 is 8.92. The molecule has 0 bridgehead atoms. The molecule has 11 nitrogen and oxygen atoms in total. The van der Waals surface area contributed by atoms with E-state index in [1.54, 1.807) is 12.5 Å². The molecule has 0 atom stereocenters. The lowest BCUT2D eigenvalue weighted by atomic mass is 9.95. The van der Waals surface area contributed by atoms with Crippen LogP contribution in [0.4, 0.5) is 5.95 Å². The standard InChI is InChI=1S/C24H24N10O/c25-24-30-22-20(23-29-21(31-34(23)24)19-3-1-2-5-26-19)28-14-33(22)8-7-32-6-4-18-16(11-32)9-15(10-27-18)17-12-35-13-17/h1-3,5,9-10,14,17H,4,6-8,11-13H2,(H2,25,30). The highest BCUT2D eigenvalue weighted by Crippen LogP contribution is 2.27. The topological polar surface area (TPSA) is 125 Å². The van der Waals surface area contributed by atoms with Crippen LogP contribution in [0.3, 0.4) is 0 Å². The molecule has 5 aromatic heterocycles. The van der Waals surface area contributed by atoms with E-state index in [1.807, 2.05) is 29.0 Å². The van der Waals surface area contributed by atoms with Crippen LogP contribution in [0.5, 0.6) is 0 Å². The van der Waals surface area contributed by atoms with Crippen molar-refractivity contribution >= 4 is 22.8 Å². The number of rotatable bonds is 5. The monoisotopic (exact) mass is 468 g/mol. The first-order valence-corrected chi connectivity index (χ1v) is 11.8. The van der Waals surface area contributed by atoms with E-state index in [9.17, 15) is 0 Å². The summed E-state index contributed by atoms with van der Waals surface area (Å²) in [6.07, 6.45) is 6.51. The Hall–Kier alpha value is -3.96. The van der Waals surface area contributed by atoms with Gasteiger partial charge in [0.25, 0.3) is 0 Å². The van der Waals surface area contributed by atoms with E-state index < -0.39 is 0 Å². The van der Waals surface area contributed by atoms with Gasteiger partial charge in [-0.05, 0) is 23.3 Å². The van der Waals surface area contributed by atoms with Crippen LogP contribution in [0.25, 0.3) is 28.3 Å². The van der Waals surface area contributed by atoms with E-state index in [-0.39, 0.29) is 5.95 Å². The molecule has 7 heterocycles. The molecule has 2 aliphatic rings. The second kappa shape index (κ2) is 8.07. The van der Waals surface area contributed by atoms with E-state index in [1.165, 1.54) is 21.3 Å². The van der Waals surface area contributed by atoms with Gasteiger partial charge in [0.05, 0.1) is 19.5 Å². The largest absolute Gasteiger partial charge is 0.380 e. The minimum atomic E-state index is 0.273. The minimum absolute atomic E-state index is 0.273. The lowest BCUT2D eigenvalue weighted by molar-refractivity contribution is 0.00820. The summed E-state index contributed by atoms with van der Waals surface area (Å²) in [5.41, 5.74) is 12.7. The molecule has 176 valence electrons. The number of nitrogens with zero attached hydrogens (tertiary/aromatic N) is 9. The zero-order valence-electron chi connectivity index (χ0n) is 19.1. The fraction of sp³-hybridized carbons (Fsp3) is 0.333. The molecule has 0 radical (unpaired) electrons. The van der Waals surface area contributed by atoms with Crippen molar-refractivity contribution in [2.45, 2.75) is 25.4 Å². The quantitative estimate of drug-likeness (QED) is 0.410. The molecule has 5 aromatic rings. The van der Waals surface area contributed by atoms with Gasteiger partial charge in [-0.3, -0.25) is 14.9 Å². The Balaban J connectivity index is 1.13. The normalized spacial score (nSPS) is 16.6. The summed E-state index contributed by atoms with van der Waals surface area (Å²) >= 11 is 0. The number of hydrogen-bond acceptors (Lipinski definition) is 9. The molecule has 2 aliphatic heterocycles. The van der Waals surface area contributed by atoms with Crippen LogP contribution in [-0.4, -0.2) is 70.3 Å². The third-order valence-corrected chi connectivity index (χ3v) is 6.87. The highest BCUT2D eigenvalue weighted by atomic mass is 16.5. The van der Waals surface area contributed by atoms with E-state index >= 15 is 0 Å². The zero-order chi connectivity index (χ0) is 23.4. The predicted octanol–water partition coefficient (Wildman–Crippen LogP) is 1.69. The molecule has 0 amide bonds. The summed E-state index contributed by atoms with van der Waals surface area (Å²) in [4.78, 5) is 25.4. The third kappa shape index (κ3) is 3.51. The van der Waals surface area contributed by atoms with Crippen molar-refractivity contribution in [1.29, 1.82) is 0 Å². The second-order valence-corrected chi connectivity index (χ2v) is 9.10. The smallest absolute Gasteiger partial charge is 0.225 e. The highest BCUT2D eigenvalue weighted by molar-refractivity contribution is 5.87. The van der Waals surface area contributed by atoms with Crippen LogP contribution < -0.4 is 5.73 Å². The molecular formula is C24H24N10O. The van der Waals surface area contributed by atoms with Crippen molar-refractivity contribution in [3.63, 3.8) is 0 Å². The maximum Gasteiger partial charge on any atom is 0.225 e. The maximum atomic E-state index is 6.25. The minimum Gasteiger partial charge on any atom is -0.380 e. The SMILES string of the molecule is Nc1nc2c(ncn2CCN2CCc3ncc(C4COC4)cc3C2)c2nc(-c3ccccn3)nn12. The number of hydrogen-bond donors (Lipinski definition) is 1. The molecular weight excluding hydrogens is 444 g/mol. The van der Waals surface area contributed by atoms with Gasteiger partial charge in [0.1, 0.15) is 5.69 Å². The van der Waals surface area contributed by atoms with Crippen molar-refractivity contribution in [2.24, 2.45) is 0 Å². The first kappa shape index (κ1) is 20.4. The molecule has 0 unspecified atom stereocenters. The van der Waals surface area contributed by atoms with Crippen LogP contribution in [0.15, 0.2) is 43.0 Å². The van der Waals surface area contributed by atoms with Crippen molar-refractivity contribution < 1.29 is 4.74 Å². The lowest BCUT2D eigenvalue weighted by Gasteiger charge is -2.31. The van der Waals surface area contributed by atoms with Gasteiger partial charge in [0.2, 0.25) is 11.8 Å². The van der Waals surface area contributed by atoms with Crippen molar-refractivity contribution in [2.75, 3.05) is 32.0 Å². The van der Waals surface area contributed by atoms with Gasteiger partial charge in [-0.15, -0.1) is 5.10 Å². The van der Waals surface area contributed by atoms with Crippen molar-refractivity contribution in [1.82, 2.24) is 44.0 Å². The Kier molecular flexibility index (Phi) is 4.71. The first-order valence-electron chi connectivity index (χ1n) is 11.8. The Morgan fingerprint density at radius 1 is 1.06 bits per heavy atom. The van der Waals surface area contributed by atoms with Crippen molar-refractivity contribution in [3.05, 3.63) is 59.8 Å². The number of ether oxygens (including phenoxy) is 1. The predicted molar refractivity (Wildman–Crippen MR) is 128 cm³/mol. The molecule has 0 aliphatic carbocycles. The fourth-order valence-electron chi connectivity index (χ4n) is 4.79. The molecule has 11 heteroatoms. The van der Waals surface area contributed by atoms with Gasteiger partial charge >= 0.3 is 0 Å². The van der Waals surface area contributed by atoms with Gasteiger partial charge in [0, 0.05) is 56.6 Å². The summed E-state index contributed by atoms with van der Waals surface area (Å²) in [7, 11) is 0. The number of aromatic nitrogens is 8. The van der Waals surface area contributed by atoms with Gasteiger partial charge < -0.3 is 15.0 Å². The summed E-state index contributed by atoms with van der Waals surface area (Å²) in [6, 6.07) is 7.94. The first-order chi connectivity index (χ1) is 17.2. The maximum absolute atomic E-state index is 6.25. The number of anilines is 1. The van der Waals surface area contributed by atoms with Crippen LogP contribution in [0.2, 0.25) is 0 Å². The number of imidazole rings is 1. The number of nitrogens with two attached hydrogens (primary N) is 1. The molecule has 2 N–H and O–H groups in total. The van der Waals surface area contributed by atoms with E-state index in [2.05, 4.69) is 36.0 Å². The average molecular weight is 469 g/mol. The van der Waals surface area contributed by atoms with Crippen LogP contribution in [-0.2, 0) is 24.2 Å². The Bertz CT molecular complexity index is 1540. The average Bonchev–Trinajstić information content (AvgIpc) is 3.47. The van der Waals surface area contributed by atoms with Crippen molar-refractivity contribution in [3.8, 4) is 11.5 Å². The molecule has 1 fully saturated rings. The van der Waals surface area contributed by atoms with Gasteiger partial charge in [-0.2, -0.15) is 9.50 Å². The molecule has 0 spiro atoms. The van der Waals surface area contributed by atoms with Crippen LogP contribution in [0, 0.1) is 0 Å². The zero-order valence-corrected chi connectivity index (χ0v) is 19.1. The van der Waals surface area contributed by atoms with Gasteiger partial charge in [-0.25, -0.2) is 9.97 Å². The van der Waals surface area contributed by atoms with E-state index in [0.717, 1.165) is 45.8 Å². The molecule has 35 heavy (non-hydrogen) atoms. The van der Waals surface area contributed by atoms with E-state index in [0.29, 0.717) is 34.2 Å². The highest BCUT2D eigenvalue weighted by Gasteiger charge is 2.24. The van der Waals surface area contributed by atoms with E-state index in [4.69, 9.17) is 15.5 Å². The van der Waals surface area contributed by atoms with Crippen LogP contribution in [0.1, 0.15) is 22.7 Å². The third-order valence-electron chi connectivity index (χ3n) is 6.87. The molecule has 7 rings (SSSR count). The number of nitrogen functional groups attached to an aromatic ring is 1. The Labute approximate surface area is 200 Å². The molecule has 0 saturated carbocycles. The number of pyridine rings is 2. The Morgan fingerprint density at radius 2 is 2.00 bits per heavy atom. The fourth-order valence-corrected chi connectivity index (χ4v) is 4.79. The van der Waals surface area contributed by atoms with Crippen LogP contribution >= 0.6 is 0 Å². The molecule has 1 saturated heterocycles. The summed E-state index contributed by atoms with van der Waals surface area (Å²) in [5, 5.41) is 4.50. The lowest BCUT2D eigenvalue weighted by Crippen LogP contribution is -2.34. The Morgan fingerprint density at radius 3 is 2.83 bits per heavy atom. The summed E-state index contributed by atoms with van der Waals surface area (Å²) in [5.74, 6) is 1.26. The van der Waals surface area contributed by atoms with Gasteiger partial charge in [0.15, 0.2) is 16.8 Å². The second-order valence-electron chi connectivity index (χ2n) is 9.10. The van der Waals surface area contributed by atoms with Gasteiger partial charge in [-0.1, -0.05) is 12.1 Å².